The third-order valence-corrected chi connectivity index (χ3v) is 9.48. The summed E-state index contributed by atoms with van der Waals surface area (Å²) in [7, 11) is 0. The topological polar surface area (TPSA) is 107 Å². The number of aryl methyl sites for hydroxylation is 1. The third kappa shape index (κ3) is 5.39. The van der Waals surface area contributed by atoms with Crippen LogP contribution >= 0.6 is 0 Å². The zero-order chi connectivity index (χ0) is 26.8. The molecule has 0 bridgehead atoms. The van der Waals surface area contributed by atoms with Gasteiger partial charge in [-0.25, -0.2) is 19.7 Å². The van der Waals surface area contributed by atoms with E-state index >= 15 is 0 Å². The number of aromatic nitrogens is 3. The largest absolute Gasteiger partial charge is 0.593 e. The SMILES string of the molecule is Cc1cc(N[S+]([O-])C2(C)CCC2)c2ccccc2c1Oc1ncccc1-c1ccnc(N[C@H]2CCCNC2)n1. The molecule has 1 saturated heterocycles. The van der Waals surface area contributed by atoms with Crippen molar-refractivity contribution in [2.45, 2.75) is 56.7 Å². The van der Waals surface area contributed by atoms with Gasteiger partial charge in [-0.1, -0.05) is 24.3 Å². The molecule has 2 aliphatic rings. The standard InChI is InChI=1S/C30H34N6O2S/c1-20-18-26(36-39(37)30(2)13-7-14-30)22-9-3-4-10-23(22)27(20)38-28-24(11-6-16-32-28)25-12-17-33-29(35-25)34-21-8-5-15-31-19-21/h3-4,6,9-12,16-18,21,31,36H,5,7-8,13-15,19H2,1-2H3,(H,33,34,35)/t21-,39?/m0/s1. The molecule has 4 aromatic rings. The van der Waals surface area contributed by atoms with Crippen molar-refractivity contribution < 1.29 is 9.29 Å². The maximum atomic E-state index is 13.1. The van der Waals surface area contributed by atoms with Crippen molar-refractivity contribution in [3.63, 3.8) is 0 Å². The van der Waals surface area contributed by atoms with Gasteiger partial charge in [0.05, 0.1) is 28.3 Å². The zero-order valence-corrected chi connectivity index (χ0v) is 23.2. The van der Waals surface area contributed by atoms with Crippen LogP contribution in [0.1, 0.15) is 44.6 Å². The number of fused-ring (bicyclic) bond motifs is 1. The molecule has 3 heterocycles. The van der Waals surface area contributed by atoms with E-state index in [0.717, 1.165) is 84.2 Å². The summed E-state index contributed by atoms with van der Waals surface area (Å²) in [5, 5.41) is 8.76. The smallest absolute Gasteiger partial charge is 0.228 e. The normalized spacial score (nSPS) is 19.2. The van der Waals surface area contributed by atoms with Gasteiger partial charge in [-0.2, -0.15) is 0 Å². The highest BCUT2D eigenvalue weighted by Crippen LogP contribution is 2.43. The van der Waals surface area contributed by atoms with Gasteiger partial charge in [-0.15, -0.1) is 0 Å². The maximum absolute atomic E-state index is 13.1. The van der Waals surface area contributed by atoms with Crippen LogP contribution in [0.5, 0.6) is 11.6 Å². The van der Waals surface area contributed by atoms with Crippen LogP contribution in [-0.2, 0) is 11.4 Å². The van der Waals surface area contributed by atoms with E-state index in [2.05, 4.69) is 32.2 Å². The monoisotopic (exact) mass is 542 g/mol. The Kier molecular flexibility index (Phi) is 7.29. The number of rotatable bonds is 8. The second kappa shape index (κ2) is 11.0. The molecular weight excluding hydrogens is 508 g/mol. The third-order valence-electron chi connectivity index (χ3n) is 7.77. The minimum absolute atomic E-state index is 0.175. The van der Waals surface area contributed by atoms with E-state index in [9.17, 15) is 4.55 Å². The Labute approximate surface area is 232 Å². The zero-order valence-electron chi connectivity index (χ0n) is 22.4. The van der Waals surface area contributed by atoms with E-state index in [1.54, 1.807) is 12.4 Å². The molecule has 1 saturated carbocycles. The molecule has 1 aliphatic carbocycles. The van der Waals surface area contributed by atoms with Gasteiger partial charge in [-0.3, -0.25) is 0 Å². The molecule has 8 nitrogen and oxygen atoms in total. The second-order valence-electron chi connectivity index (χ2n) is 10.7. The number of nitrogens with one attached hydrogen (secondary N) is 3. The van der Waals surface area contributed by atoms with Crippen molar-refractivity contribution in [1.29, 1.82) is 0 Å². The number of ether oxygens (including phenoxy) is 1. The van der Waals surface area contributed by atoms with E-state index in [4.69, 9.17) is 9.72 Å². The van der Waals surface area contributed by atoms with Gasteiger partial charge < -0.3 is 19.9 Å². The van der Waals surface area contributed by atoms with Crippen LogP contribution in [-0.4, -0.2) is 43.4 Å². The first kappa shape index (κ1) is 25.9. The molecule has 0 spiro atoms. The predicted octanol–water partition coefficient (Wildman–Crippen LogP) is 5.97. The van der Waals surface area contributed by atoms with Crippen molar-refractivity contribution in [1.82, 2.24) is 20.3 Å². The molecule has 2 aromatic carbocycles. The Morgan fingerprint density at radius 3 is 2.67 bits per heavy atom. The highest BCUT2D eigenvalue weighted by atomic mass is 32.2. The van der Waals surface area contributed by atoms with Crippen molar-refractivity contribution in [3.05, 3.63) is 66.5 Å². The lowest BCUT2D eigenvalue weighted by Crippen LogP contribution is -2.45. The summed E-state index contributed by atoms with van der Waals surface area (Å²) in [5.74, 6) is 1.79. The average Bonchev–Trinajstić information content (AvgIpc) is 2.94. The molecule has 1 aliphatic heterocycles. The first-order valence-corrected chi connectivity index (χ1v) is 14.8. The summed E-state index contributed by atoms with van der Waals surface area (Å²) in [6.07, 6.45) is 8.80. The van der Waals surface area contributed by atoms with Crippen LogP contribution in [0.15, 0.2) is 60.9 Å². The number of piperidine rings is 1. The Hall–Kier alpha value is -3.40. The molecule has 2 atom stereocenters. The van der Waals surface area contributed by atoms with Crippen LogP contribution in [0.25, 0.3) is 22.0 Å². The van der Waals surface area contributed by atoms with Gasteiger partial charge in [0.1, 0.15) is 10.5 Å². The van der Waals surface area contributed by atoms with E-state index in [1.165, 1.54) is 0 Å². The molecule has 2 fully saturated rings. The number of hydrogen-bond acceptors (Lipinski definition) is 8. The van der Waals surface area contributed by atoms with Gasteiger partial charge in [0.2, 0.25) is 11.8 Å². The molecule has 2 aromatic heterocycles. The number of nitrogens with zero attached hydrogens (tertiary/aromatic N) is 3. The number of hydrogen-bond donors (Lipinski definition) is 3. The molecule has 39 heavy (non-hydrogen) atoms. The number of benzene rings is 2. The molecule has 0 amide bonds. The van der Waals surface area contributed by atoms with Gasteiger partial charge in [0.25, 0.3) is 0 Å². The van der Waals surface area contributed by atoms with Crippen LogP contribution in [0.3, 0.4) is 0 Å². The summed E-state index contributed by atoms with van der Waals surface area (Å²) in [4.78, 5) is 13.8. The predicted molar refractivity (Wildman–Crippen MR) is 158 cm³/mol. The summed E-state index contributed by atoms with van der Waals surface area (Å²) in [6, 6.07) is 16.1. The Morgan fingerprint density at radius 1 is 1.05 bits per heavy atom. The van der Waals surface area contributed by atoms with Crippen LogP contribution in [0.4, 0.5) is 11.6 Å². The van der Waals surface area contributed by atoms with Crippen LogP contribution in [0, 0.1) is 6.92 Å². The maximum Gasteiger partial charge on any atom is 0.228 e. The molecule has 9 heteroatoms. The summed E-state index contributed by atoms with van der Waals surface area (Å²) in [6.45, 7) is 6.06. The van der Waals surface area contributed by atoms with Crippen molar-refractivity contribution in [3.8, 4) is 22.9 Å². The molecule has 1 unspecified atom stereocenters. The first-order valence-electron chi connectivity index (χ1n) is 13.6. The fraction of sp³-hybridized carbons (Fsp3) is 0.367. The molecule has 6 rings (SSSR count). The molecular formula is C30H34N6O2S. The highest BCUT2D eigenvalue weighted by Gasteiger charge is 2.44. The van der Waals surface area contributed by atoms with Crippen LogP contribution in [0.2, 0.25) is 0 Å². The van der Waals surface area contributed by atoms with E-state index in [1.807, 2.05) is 55.5 Å². The van der Waals surface area contributed by atoms with Gasteiger partial charge in [0.15, 0.2) is 0 Å². The van der Waals surface area contributed by atoms with Gasteiger partial charge in [0, 0.05) is 48.6 Å². The van der Waals surface area contributed by atoms with Crippen molar-refractivity contribution >= 4 is 33.8 Å². The van der Waals surface area contributed by atoms with E-state index in [0.29, 0.717) is 17.9 Å². The average molecular weight is 543 g/mol. The highest BCUT2D eigenvalue weighted by molar-refractivity contribution is 7.94. The molecule has 202 valence electrons. The lowest BCUT2D eigenvalue weighted by molar-refractivity contribution is 0.364. The van der Waals surface area contributed by atoms with Crippen molar-refractivity contribution in [2.24, 2.45) is 0 Å². The lowest BCUT2D eigenvalue weighted by Gasteiger charge is -2.38. The fourth-order valence-corrected chi connectivity index (χ4v) is 6.57. The summed E-state index contributed by atoms with van der Waals surface area (Å²) >= 11 is -1.16. The van der Waals surface area contributed by atoms with Crippen molar-refractivity contribution in [2.75, 3.05) is 23.1 Å². The van der Waals surface area contributed by atoms with Gasteiger partial charge >= 0.3 is 0 Å². The van der Waals surface area contributed by atoms with E-state index < -0.39 is 11.4 Å². The summed E-state index contributed by atoms with van der Waals surface area (Å²) < 4.78 is 22.8. The Morgan fingerprint density at radius 2 is 1.90 bits per heavy atom. The van der Waals surface area contributed by atoms with Gasteiger partial charge in [-0.05, 0) is 69.5 Å². The van der Waals surface area contributed by atoms with Crippen LogP contribution < -0.4 is 20.1 Å². The Balaban J connectivity index is 1.31. The Bertz CT molecular complexity index is 1470. The number of anilines is 2. The lowest BCUT2D eigenvalue weighted by atomic mass is 9.86. The minimum Gasteiger partial charge on any atom is -0.593 e. The first-order chi connectivity index (χ1) is 19.0. The summed E-state index contributed by atoms with van der Waals surface area (Å²) in [5.41, 5.74) is 3.31. The number of pyridine rings is 1. The fourth-order valence-electron chi connectivity index (χ4n) is 5.29. The second-order valence-corrected chi connectivity index (χ2v) is 12.4. The molecule has 0 radical (unpaired) electrons. The molecule has 3 N–H and O–H groups in total. The minimum atomic E-state index is -1.16. The quantitative estimate of drug-likeness (QED) is 0.234. The van der Waals surface area contributed by atoms with E-state index in [-0.39, 0.29) is 4.75 Å².